The molecule has 3 heterocycles. The molecule has 152 valence electrons. The Kier molecular flexibility index (Phi) is 4.41. The lowest BCUT2D eigenvalue weighted by Crippen LogP contribution is -2.19. The van der Waals surface area contributed by atoms with E-state index in [1.54, 1.807) is 12.1 Å². The molecule has 0 bridgehead atoms. The summed E-state index contributed by atoms with van der Waals surface area (Å²) in [6.45, 7) is 0. The molecular formula is C19H14N10O2. The van der Waals surface area contributed by atoms with Crippen molar-refractivity contribution in [3.8, 4) is 17.1 Å². The van der Waals surface area contributed by atoms with Crippen LogP contribution < -0.4 is 11.2 Å². The highest BCUT2D eigenvalue weighted by Gasteiger charge is 2.24. The summed E-state index contributed by atoms with van der Waals surface area (Å²) < 4.78 is 5.94. The van der Waals surface area contributed by atoms with Crippen molar-refractivity contribution in [1.29, 1.82) is 0 Å². The first kappa shape index (κ1) is 18.2. The molecule has 2 aromatic carbocycles. The third-order valence-electron chi connectivity index (χ3n) is 4.39. The molecule has 12 heteroatoms. The average Bonchev–Trinajstić information content (AvgIpc) is 3.51. The predicted octanol–water partition coefficient (Wildman–Crippen LogP) is 1.54. The lowest BCUT2D eigenvalue weighted by molar-refractivity contribution is 0.0950. The summed E-state index contributed by atoms with van der Waals surface area (Å²) in [6.07, 6.45) is 1.41. The monoisotopic (exact) mass is 414 g/mol. The van der Waals surface area contributed by atoms with Crippen LogP contribution in [0.1, 0.15) is 16.3 Å². The summed E-state index contributed by atoms with van der Waals surface area (Å²) in [4.78, 5) is 20.3. The van der Waals surface area contributed by atoms with Crippen LogP contribution in [0.2, 0.25) is 0 Å². The first-order valence-electron chi connectivity index (χ1n) is 9.08. The molecule has 0 spiro atoms. The number of H-pyrrole nitrogens is 1. The van der Waals surface area contributed by atoms with Gasteiger partial charge in [0.1, 0.15) is 5.69 Å². The Bertz CT molecular complexity index is 1370. The fraction of sp³-hybridized carbons (Fsp3) is 0. The van der Waals surface area contributed by atoms with E-state index in [4.69, 9.17) is 5.73 Å². The number of amides is 1. The van der Waals surface area contributed by atoms with Gasteiger partial charge in [-0.25, -0.2) is 15.0 Å². The third-order valence-corrected chi connectivity index (χ3v) is 4.39. The minimum atomic E-state index is -0.576. The summed E-state index contributed by atoms with van der Waals surface area (Å²) in [5.41, 5.74) is 10.9. The van der Waals surface area contributed by atoms with Crippen molar-refractivity contribution < 1.29 is 9.42 Å². The summed E-state index contributed by atoms with van der Waals surface area (Å²) in [7, 11) is 0. The van der Waals surface area contributed by atoms with E-state index in [2.05, 4.69) is 45.7 Å². The van der Waals surface area contributed by atoms with Crippen LogP contribution in [0.5, 0.6) is 0 Å². The van der Waals surface area contributed by atoms with Gasteiger partial charge in [0.05, 0.1) is 17.2 Å². The van der Waals surface area contributed by atoms with Crippen LogP contribution >= 0.6 is 0 Å². The largest absolute Gasteiger partial charge is 0.378 e. The number of hydrogen-bond donors (Lipinski definition) is 3. The van der Waals surface area contributed by atoms with E-state index in [0.717, 1.165) is 11.0 Å². The number of aromatic amines is 1. The molecule has 1 amide bonds. The summed E-state index contributed by atoms with van der Waals surface area (Å²) in [6, 6.07) is 16.6. The van der Waals surface area contributed by atoms with Crippen molar-refractivity contribution in [2.45, 2.75) is 0 Å². The maximum Gasteiger partial charge on any atom is 0.294 e. The quantitative estimate of drug-likeness (QED) is 0.288. The standard InChI is InChI=1S/C19H14N10O2/c20-17-18(27-31-26-17)29-16(11-6-2-1-3-7-11)15(24-28-29)19(30)25-21-10-14-22-12-8-4-5-9-13(12)23-14/h1-10H,(H2,20,26)(H,22,23)(H,25,30)/b21-10-. The smallest absolute Gasteiger partial charge is 0.294 e. The predicted molar refractivity (Wildman–Crippen MR) is 110 cm³/mol. The number of imidazole rings is 1. The zero-order valence-electron chi connectivity index (χ0n) is 15.8. The number of nitrogens with two attached hydrogens (primary N) is 1. The highest BCUT2D eigenvalue weighted by molar-refractivity contribution is 5.98. The number of carbonyl (C=O) groups excluding carboxylic acids is 1. The molecule has 0 saturated carbocycles. The number of hydrogen-bond acceptors (Lipinski definition) is 9. The summed E-state index contributed by atoms with van der Waals surface area (Å²) in [5.74, 6) is 0.0514. The highest BCUT2D eigenvalue weighted by Crippen LogP contribution is 2.26. The van der Waals surface area contributed by atoms with Crippen LogP contribution in [0.15, 0.2) is 64.3 Å². The average molecular weight is 414 g/mol. The number of nitrogens with zero attached hydrogens (tertiary/aromatic N) is 7. The van der Waals surface area contributed by atoms with E-state index >= 15 is 0 Å². The van der Waals surface area contributed by atoms with Gasteiger partial charge in [0.15, 0.2) is 11.5 Å². The van der Waals surface area contributed by atoms with Crippen LogP contribution in [0.3, 0.4) is 0 Å². The molecule has 0 saturated heterocycles. The first-order chi connectivity index (χ1) is 15.2. The van der Waals surface area contributed by atoms with E-state index in [0.29, 0.717) is 17.1 Å². The second-order valence-electron chi connectivity index (χ2n) is 6.38. The van der Waals surface area contributed by atoms with Crippen LogP contribution in [-0.4, -0.2) is 47.4 Å². The van der Waals surface area contributed by atoms with Gasteiger partial charge in [-0.3, -0.25) is 4.79 Å². The number of fused-ring (bicyclic) bond motifs is 1. The minimum Gasteiger partial charge on any atom is -0.378 e. The van der Waals surface area contributed by atoms with Gasteiger partial charge in [0, 0.05) is 5.56 Å². The van der Waals surface area contributed by atoms with E-state index in [1.807, 2.05) is 42.5 Å². The molecule has 31 heavy (non-hydrogen) atoms. The Morgan fingerprint density at radius 2 is 1.94 bits per heavy atom. The van der Waals surface area contributed by atoms with E-state index in [1.165, 1.54) is 10.9 Å². The van der Waals surface area contributed by atoms with E-state index < -0.39 is 5.91 Å². The Balaban J connectivity index is 1.46. The van der Waals surface area contributed by atoms with Crippen molar-refractivity contribution in [3.05, 3.63) is 66.1 Å². The van der Waals surface area contributed by atoms with Gasteiger partial charge < -0.3 is 10.7 Å². The summed E-state index contributed by atoms with van der Waals surface area (Å²) >= 11 is 0. The molecule has 5 rings (SSSR count). The number of carbonyl (C=O) groups is 1. The lowest BCUT2D eigenvalue weighted by atomic mass is 10.1. The highest BCUT2D eigenvalue weighted by atomic mass is 16.6. The fourth-order valence-electron chi connectivity index (χ4n) is 3.01. The Hall–Kier alpha value is -4.87. The maximum absolute atomic E-state index is 12.8. The topological polar surface area (TPSA) is 166 Å². The molecule has 5 aromatic rings. The second-order valence-corrected chi connectivity index (χ2v) is 6.38. The molecule has 0 atom stereocenters. The Labute approximate surface area is 173 Å². The lowest BCUT2D eigenvalue weighted by Gasteiger charge is -2.05. The maximum atomic E-state index is 12.8. The number of nitrogens with one attached hydrogen (secondary N) is 2. The molecule has 0 unspecified atom stereocenters. The van der Waals surface area contributed by atoms with Crippen LogP contribution in [0.4, 0.5) is 5.82 Å². The van der Waals surface area contributed by atoms with Gasteiger partial charge >= 0.3 is 0 Å². The first-order valence-corrected chi connectivity index (χ1v) is 9.08. The van der Waals surface area contributed by atoms with Crippen LogP contribution in [0.25, 0.3) is 28.1 Å². The van der Waals surface area contributed by atoms with Crippen molar-refractivity contribution in [1.82, 2.24) is 40.7 Å². The number of anilines is 1. The molecule has 4 N–H and O–H groups in total. The van der Waals surface area contributed by atoms with Crippen molar-refractivity contribution >= 4 is 29.0 Å². The zero-order valence-corrected chi connectivity index (χ0v) is 15.8. The van der Waals surface area contributed by atoms with E-state index in [-0.39, 0.29) is 17.3 Å². The van der Waals surface area contributed by atoms with Crippen molar-refractivity contribution in [2.24, 2.45) is 5.10 Å². The van der Waals surface area contributed by atoms with Gasteiger partial charge in [-0.15, -0.1) is 5.10 Å². The van der Waals surface area contributed by atoms with Crippen LogP contribution in [0, 0.1) is 0 Å². The molecule has 3 aromatic heterocycles. The number of para-hydroxylation sites is 2. The van der Waals surface area contributed by atoms with Gasteiger partial charge in [-0.2, -0.15) is 9.78 Å². The Morgan fingerprint density at radius 3 is 2.71 bits per heavy atom. The number of benzene rings is 2. The molecule has 0 aliphatic carbocycles. The van der Waals surface area contributed by atoms with Gasteiger partial charge in [0.25, 0.3) is 5.91 Å². The number of nitrogen functional groups attached to an aromatic ring is 1. The molecule has 0 radical (unpaired) electrons. The normalized spacial score (nSPS) is 11.4. The number of hydrazone groups is 1. The van der Waals surface area contributed by atoms with Gasteiger partial charge in [-0.1, -0.05) is 47.7 Å². The van der Waals surface area contributed by atoms with Gasteiger partial charge in [-0.05, 0) is 22.4 Å². The molecule has 0 aliphatic heterocycles. The van der Waals surface area contributed by atoms with Gasteiger partial charge in [0.2, 0.25) is 11.6 Å². The fourth-order valence-corrected chi connectivity index (χ4v) is 3.01. The second kappa shape index (κ2) is 7.51. The third kappa shape index (κ3) is 3.37. The summed E-state index contributed by atoms with van der Waals surface area (Å²) in [5, 5.41) is 19.3. The SMILES string of the molecule is Nc1nonc1-n1nnc(C(=O)N/N=C\c2nc3ccccc3[nH]2)c1-c1ccccc1. The number of aromatic nitrogens is 7. The Morgan fingerprint density at radius 1 is 1.13 bits per heavy atom. The van der Waals surface area contributed by atoms with Crippen molar-refractivity contribution in [3.63, 3.8) is 0 Å². The molecule has 12 nitrogen and oxygen atoms in total. The van der Waals surface area contributed by atoms with E-state index in [9.17, 15) is 4.79 Å². The molecule has 0 fully saturated rings. The molecular weight excluding hydrogens is 400 g/mol. The molecule has 0 aliphatic rings. The van der Waals surface area contributed by atoms with Crippen LogP contribution in [-0.2, 0) is 0 Å². The van der Waals surface area contributed by atoms with Crippen molar-refractivity contribution in [2.75, 3.05) is 5.73 Å². The zero-order chi connectivity index (χ0) is 21.2. The minimum absolute atomic E-state index is 0.0111. The number of rotatable bonds is 5.